The number of nitrogens with zero attached hydrogens (tertiary/aromatic N) is 2. The number of carbonyl (C=O) groups is 2. The quantitative estimate of drug-likeness (QED) is 0.693. The van der Waals surface area contributed by atoms with Crippen molar-refractivity contribution >= 4 is 11.7 Å². The van der Waals surface area contributed by atoms with E-state index in [0.29, 0.717) is 50.3 Å². The van der Waals surface area contributed by atoms with Crippen LogP contribution >= 0.6 is 0 Å². The minimum absolute atomic E-state index is 0.0162. The zero-order valence-corrected chi connectivity index (χ0v) is 18.3. The van der Waals surface area contributed by atoms with E-state index in [-0.39, 0.29) is 35.6 Å². The Morgan fingerprint density at radius 3 is 2.66 bits per heavy atom. The monoisotopic (exact) mass is 444 g/mol. The number of amides is 1. The van der Waals surface area contributed by atoms with Crippen molar-refractivity contribution in [2.24, 2.45) is 5.92 Å². The molecule has 1 saturated heterocycles. The largest absolute Gasteiger partial charge is 0.483 e. The van der Waals surface area contributed by atoms with Crippen LogP contribution in [0.1, 0.15) is 30.9 Å². The van der Waals surface area contributed by atoms with Crippen LogP contribution in [0.15, 0.2) is 35.6 Å². The Kier molecular flexibility index (Phi) is 6.01. The maximum Gasteiger partial charge on any atom is 0.290 e. The van der Waals surface area contributed by atoms with E-state index in [0.717, 1.165) is 19.5 Å². The molecule has 3 heterocycles. The average molecular weight is 445 g/mol. The third kappa shape index (κ3) is 3.74. The van der Waals surface area contributed by atoms with E-state index in [1.807, 2.05) is 0 Å². The number of halogens is 1. The first kappa shape index (κ1) is 21.6. The van der Waals surface area contributed by atoms with Gasteiger partial charge in [-0.1, -0.05) is 18.2 Å². The molecule has 1 aliphatic carbocycles. The van der Waals surface area contributed by atoms with Crippen molar-refractivity contribution in [3.8, 4) is 0 Å². The van der Waals surface area contributed by atoms with Gasteiger partial charge in [0.2, 0.25) is 0 Å². The Morgan fingerprint density at radius 2 is 1.91 bits per heavy atom. The van der Waals surface area contributed by atoms with Gasteiger partial charge in [-0.2, -0.15) is 0 Å². The number of fused-ring (bicyclic) bond motifs is 1. The highest BCUT2D eigenvalue weighted by Gasteiger charge is 2.53. The first-order valence-electron chi connectivity index (χ1n) is 11.4. The van der Waals surface area contributed by atoms with E-state index in [2.05, 4.69) is 4.90 Å². The fourth-order valence-corrected chi connectivity index (χ4v) is 5.42. The Labute approximate surface area is 187 Å². The molecule has 4 atom stereocenters. The summed E-state index contributed by atoms with van der Waals surface area (Å²) in [5.74, 6) is -1.05. The van der Waals surface area contributed by atoms with Gasteiger partial charge in [-0.3, -0.25) is 14.5 Å². The highest BCUT2D eigenvalue weighted by Crippen LogP contribution is 2.47. The zero-order chi connectivity index (χ0) is 22.2. The Morgan fingerprint density at radius 1 is 1.12 bits per heavy atom. The number of hydrogen-bond acceptors (Lipinski definition) is 6. The van der Waals surface area contributed by atoms with Gasteiger partial charge in [-0.15, -0.1) is 0 Å². The predicted octanol–water partition coefficient (Wildman–Crippen LogP) is 2.08. The van der Waals surface area contributed by atoms with Crippen molar-refractivity contribution < 1.29 is 28.2 Å². The number of hydrogen-bond donors (Lipinski definition) is 0. The molecule has 4 aliphatic rings. The van der Waals surface area contributed by atoms with Gasteiger partial charge in [0.1, 0.15) is 11.9 Å². The van der Waals surface area contributed by atoms with Crippen LogP contribution in [-0.4, -0.2) is 80.2 Å². The maximum absolute atomic E-state index is 14.9. The summed E-state index contributed by atoms with van der Waals surface area (Å²) in [6.07, 6.45) is 1.64. The molecule has 172 valence electrons. The van der Waals surface area contributed by atoms with E-state index >= 15 is 0 Å². The lowest BCUT2D eigenvalue weighted by molar-refractivity contribution is -0.138. The molecule has 1 aromatic carbocycles. The van der Waals surface area contributed by atoms with Gasteiger partial charge in [0.15, 0.2) is 11.5 Å². The summed E-state index contributed by atoms with van der Waals surface area (Å²) in [5.41, 5.74) is 0.660. The molecule has 0 N–H and O–H groups in total. The lowest BCUT2D eigenvalue weighted by atomic mass is 9.76. The molecule has 1 saturated carbocycles. The lowest BCUT2D eigenvalue weighted by Gasteiger charge is -2.38. The summed E-state index contributed by atoms with van der Waals surface area (Å²) >= 11 is 0. The van der Waals surface area contributed by atoms with E-state index in [4.69, 9.17) is 14.2 Å². The standard InChI is InChI=1S/C24H29FN2O5/c1-30-15-6-7-17-19(14-15)32-23-20(22(17)28)21(16-4-2-3-5-18(16)25)27(24(23)29)9-8-26-10-12-31-13-11-26/h2-5,15,17,19,21H,6-14H2,1H3. The molecular formula is C24H29FN2O5. The number of rotatable bonds is 5. The smallest absolute Gasteiger partial charge is 0.290 e. The number of morpholine rings is 1. The Bertz CT molecular complexity index is 929. The van der Waals surface area contributed by atoms with E-state index < -0.39 is 11.9 Å². The number of methoxy groups -OCH3 is 1. The van der Waals surface area contributed by atoms with Crippen molar-refractivity contribution in [3.05, 3.63) is 47.0 Å². The number of Topliss-reactive ketones (excluding diaryl/α,β-unsaturated/α-hetero) is 1. The van der Waals surface area contributed by atoms with Gasteiger partial charge < -0.3 is 19.1 Å². The molecule has 1 aromatic rings. The highest BCUT2D eigenvalue weighted by molar-refractivity contribution is 6.11. The van der Waals surface area contributed by atoms with Gasteiger partial charge in [0, 0.05) is 45.3 Å². The van der Waals surface area contributed by atoms with Gasteiger partial charge >= 0.3 is 0 Å². The number of carbonyl (C=O) groups excluding carboxylic acids is 2. The third-order valence-electron chi connectivity index (χ3n) is 7.19. The van der Waals surface area contributed by atoms with Crippen LogP contribution in [0.5, 0.6) is 0 Å². The second-order valence-corrected chi connectivity index (χ2v) is 8.92. The van der Waals surface area contributed by atoms with Crippen LogP contribution in [0.3, 0.4) is 0 Å². The van der Waals surface area contributed by atoms with E-state index in [9.17, 15) is 14.0 Å². The lowest BCUT2D eigenvalue weighted by Crippen LogP contribution is -2.43. The first-order chi connectivity index (χ1) is 15.6. The molecule has 0 spiro atoms. The summed E-state index contributed by atoms with van der Waals surface area (Å²) in [7, 11) is 1.66. The minimum atomic E-state index is -0.756. The number of ketones is 1. The zero-order valence-electron chi connectivity index (χ0n) is 18.3. The van der Waals surface area contributed by atoms with Gasteiger partial charge in [0.05, 0.1) is 36.9 Å². The van der Waals surface area contributed by atoms with Crippen molar-refractivity contribution in [1.82, 2.24) is 9.80 Å². The van der Waals surface area contributed by atoms with Crippen LogP contribution in [0.4, 0.5) is 4.39 Å². The normalized spacial score (nSPS) is 30.9. The first-order valence-corrected chi connectivity index (χ1v) is 11.4. The Balaban J connectivity index is 1.47. The summed E-state index contributed by atoms with van der Waals surface area (Å²) < 4.78 is 32.0. The summed E-state index contributed by atoms with van der Waals surface area (Å²) in [5, 5.41) is 0. The van der Waals surface area contributed by atoms with E-state index in [1.165, 1.54) is 6.07 Å². The number of ether oxygens (including phenoxy) is 3. The fraction of sp³-hybridized carbons (Fsp3) is 0.583. The van der Waals surface area contributed by atoms with Crippen LogP contribution in [0, 0.1) is 11.7 Å². The van der Waals surface area contributed by atoms with Crippen molar-refractivity contribution in [1.29, 1.82) is 0 Å². The van der Waals surface area contributed by atoms with Crippen molar-refractivity contribution in [2.75, 3.05) is 46.5 Å². The molecule has 1 amide bonds. The van der Waals surface area contributed by atoms with Crippen LogP contribution in [-0.2, 0) is 23.8 Å². The maximum atomic E-state index is 14.9. The Hall–Kier alpha value is -2.29. The second-order valence-electron chi connectivity index (χ2n) is 8.92. The molecule has 0 bridgehead atoms. The molecule has 2 fully saturated rings. The van der Waals surface area contributed by atoms with Crippen LogP contribution in [0.25, 0.3) is 0 Å². The highest BCUT2D eigenvalue weighted by atomic mass is 19.1. The minimum Gasteiger partial charge on any atom is -0.483 e. The SMILES string of the molecule is COC1CCC2C(=O)C3=C(OC2C1)C(=O)N(CCN1CCOCC1)C3c1ccccc1F. The topological polar surface area (TPSA) is 68.3 Å². The molecule has 3 aliphatic heterocycles. The summed E-state index contributed by atoms with van der Waals surface area (Å²) in [6, 6.07) is 5.63. The van der Waals surface area contributed by atoms with E-state index in [1.54, 1.807) is 30.2 Å². The third-order valence-corrected chi connectivity index (χ3v) is 7.19. The molecule has 0 radical (unpaired) electrons. The summed E-state index contributed by atoms with van der Waals surface area (Å²) in [6.45, 7) is 3.91. The van der Waals surface area contributed by atoms with Crippen LogP contribution < -0.4 is 0 Å². The predicted molar refractivity (Wildman–Crippen MR) is 113 cm³/mol. The molecule has 32 heavy (non-hydrogen) atoms. The van der Waals surface area contributed by atoms with Gasteiger partial charge in [-0.25, -0.2) is 4.39 Å². The summed E-state index contributed by atoms with van der Waals surface area (Å²) in [4.78, 5) is 30.9. The molecule has 0 aromatic heterocycles. The van der Waals surface area contributed by atoms with Crippen molar-refractivity contribution in [3.63, 3.8) is 0 Å². The molecule has 5 rings (SSSR count). The average Bonchev–Trinajstić information content (AvgIpc) is 3.10. The van der Waals surface area contributed by atoms with Gasteiger partial charge in [0.25, 0.3) is 5.91 Å². The van der Waals surface area contributed by atoms with Crippen molar-refractivity contribution in [2.45, 2.75) is 37.5 Å². The molecule has 7 nitrogen and oxygen atoms in total. The molecule has 8 heteroatoms. The van der Waals surface area contributed by atoms with Gasteiger partial charge in [-0.05, 0) is 18.9 Å². The second kappa shape index (κ2) is 8.92. The van der Waals surface area contributed by atoms with Crippen LogP contribution in [0.2, 0.25) is 0 Å². The fourth-order valence-electron chi connectivity index (χ4n) is 5.42. The molecule has 4 unspecified atom stereocenters. The number of benzene rings is 1. The molecular weight excluding hydrogens is 415 g/mol.